The highest BCUT2D eigenvalue weighted by Gasteiger charge is 2.11. The van der Waals surface area contributed by atoms with Crippen LogP contribution in [0.5, 0.6) is 0 Å². The molecule has 1 aromatic carbocycles. The Labute approximate surface area is 131 Å². The average Bonchev–Trinajstić information content (AvgIpc) is 3.13. The number of hydrogen-bond acceptors (Lipinski definition) is 5. The van der Waals surface area contributed by atoms with Crippen LogP contribution in [0.1, 0.15) is 5.56 Å². The van der Waals surface area contributed by atoms with Gasteiger partial charge in [-0.25, -0.2) is 0 Å². The van der Waals surface area contributed by atoms with Crippen LogP contribution in [0.2, 0.25) is 0 Å². The first-order valence-corrected chi connectivity index (χ1v) is 8.31. The van der Waals surface area contributed by atoms with Crippen molar-refractivity contribution in [1.82, 2.24) is 4.57 Å². The van der Waals surface area contributed by atoms with E-state index in [1.165, 1.54) is 17.0 Å². The Morgan fingerprint density at radius 3 is 2.64 bits per heavy atom. The molecule has 0 bridgehead atoms. The number of ether oxygens (including phenoxy) is 1. The van der Waals surface area contributed by atoms with Gasteiger partial charge < -0.3 is 9.64 Å². The molecule has 1 saturated heterocycles. The molecule has 4 rings (SSSR count). The van der Waals surface area contributed by atoms with Crippen LogP contribution >= 0.6 is 11.3 Å². The molecule has 3 heterocycles. The number of benzene rings is 1. The van der Waals surface area contributed by atoms with Crippen LogP contribution in [0.25, 0.3) is 6.08 Å². The van der Waals surface area contributed by atoms with Gasteiger partial charge in [0.2, 0.25) is 0 Å². The molecule has 0 aliphatic carbocycles. The number of anilines is 1. The number of morpholine rings is 1. The van der Waals surface area contributed by atoms with Crippen LogP contribution in [0.3, 0.4) is 0 Å². The van der Waals surface area contributed by atoms with E-state index in [-0.39, 0.29) is 5.56 Å². The van der Waals surface area contributed by atoms with Gasteiger partial charge in [0.05, 0.1) is 24.3 Å². The van der Waals surface area contributed by atoms with Crippen molar-refractivity contribution in [2.24, 2.45) is 4.99 Å². The molecule has 6 heteroatoms. The minimum Gasteiger partial charge on any atom is -0.378 e. The molecule has 2 aliphatic heterocycles. The summed E-state index contributed by atoms with van der Waals surface area (Å²) in [7, 11) is 0. The quantitative estimate of drug-likeness (QED) is 0.796. The van der Waals surface area contributed by atoms with Crippen molar-refractivity contribution in [2.75, 3.05) is 37.7 Å². The molecule has 5 nitrogen and oxygen atoms in total. The lowest BCUT2D eigenvalue weighted by Gasteiger charge is -2.28. The van der Waals surface area contributed by atoms with Crippen LogP contribution < -0.4 is 19.8 Å². The van der Waals surface area contributed by atoms with Gasteiger partial charge in [0.15, 0.2) is 4.80 Å². The standard InChI is InChI=1S/C16H17N3O2S/c20-15-14(22-16-17-5-6-19(15)16)11-12-1-3-13(4-2-12)18-7-9-21-10-8-18/h1-4,11H,5-10H2/b14-11-. The van der Waals surface area contributed by atoms with Gasteiger partial charge in [0, 0.05) is 25.3 Å². The van der Waals surface area contributed by atoms with E-state index in [4.69, 9.17) is 4.74 Å². The van der Waals surface area contributed by atoms with E-state index in [2.05, 4.69) is 34.2 Å². The van der Waals surface area contributed by atoms with Crippen LogP contribution in [0.4, 0.5) is 5.69 Å². The Hall–Kier alpha value is -1.92. The lowest BCUT2D eigenvalue weighted by Crippen LogP contribution is -2.36. The van der Waals surface area contributed by atoms with Crippen molar-refractivity contribution in [2.45, 2.75) is 6.54 Å². The average molecular weight is 315 g/mol. The number of hydrogen-bond donors (Lipinski definition) is 0. The fourth-order valence-electron chi connectivity index (χ4n) is 2.82. The highest BCUT2D eigenvalue weighted by atomic mass is 32.1. The van der Waals surface area contributed by atoms with Gasteiger partial charge in [-0.1, -0.05) is 23.5 Å². The Balaban J connectivity index is 1.64. The second-order valence-electron chi connectivity index (χ2n) is 5.42. The molecule has 0 N–H and O–H groups in total. The lowest BCUT2D eigenvalue weighted by atomic mass is 10.2. The third kappa shape index (κ3) is 2.48. The first-order valence-electron chi connectivity index (χ1n) is 7.50. The zero-order chi connectivity index (χ0) is 14.9. The molecular weight excluding hydrogens is 298 g/mol. The summed E-state index contributed by atoms with van der Waals surface area (Å²) >= 11 is 1.48. The maximum atomic E-state index is 12.2. The Bertz CT molecular complexity index is 845. The fourth-order valence-corrected chi connectivity index (χ4v) is 3.85. The first kappa shape index (κ1) is 13.7. The molecule has 22 heavy (non-hydrogen) atoms. The molecule has 2 aromatic rings. The summed E-state index contributed by atoms with van der Waals surface area (Å²) in [5.41, 5.74) is 2.34. The summed E-state index contributed by atoms with van der Waals surface area (Å²) in [5.74, 6) is 0. The molecule has 2 aliphatic rings. The highest BCUT2D eigenvalue weighted by molar-refractivity contribution is 7.07. The Morgan fingerprint density at radius 2 is 1.91 bits per heavy atom. The van der Waals surface area contributed by atoms with Crippen molar-refractivity contribution in [1.29, 1.82) is 0 Å². The minimum absolute atomic E-state index is 0.0819. The Kier molecular flexibility index (Phi) is 3.56. The summed E-state index contributed by atoms with van der Waals surface area (Å²) in [6.45, 7) is 4.89. The van der Waals surface area contributed by atoms with Gasteiger partial charge in [-0.05, 0) is 23.8 Å². The minimum atomic E-state index is 0.0819. The summed E-state index contributed by atoms with van der Waals surface area (Å²) in [5, 5.41) is 0. The molecule has 0 atom stereocenters. The van der Waals surface area contributed by atoms with Crippen molar-refractivity contribution < 1.29 is 4.74 Å². The normalized spacial score (nSPS) is 18.4. The molecule has 0 spiro atoms. The van der Waals surface area contributed by atoms with Crippen molar-refractivity contribution >= 4 is 23.1 Å². The zero-order valence-electron chi connectivity index (χ0n) is 12.2. The first-order chi connectivity index (χ1) is 10.8. The second kappa shape index (κ2) is 5.70. The largest absolute Gasteiger partial charge is 0.378 e. The maximum absolute atomic E-state index is 12.2. The molecular formula is C16H17N3O2S. The third-order valence-electron chi connectivity index (χ3n) is 4.03. The zero-order valence-corrected chi connectivity index (χ0v) is 13.0. The third-order valence-corrected chi connectivity index (χ3v) is 5.07. The molecule has 0 amide bonds. The molecule has 0 unspecified atom stereocenters. The van der Waals surface area contributed by atoms with Crippen molar-refractivity contribution in [3.63, 3.8) is 0 Å². The van der Waals surface area contributed by atoms with E-state index < -0.39 is 0 Å². The SMILES string of the molecule is O=c1/c(=C/c2ccc(N3CCOCC3)cc2)sc2n1CCN=2. The van der Waals surface area contributed by atoms with E-state index in [9.17, 15) is 4.79 Å². The number of fused-ring (bicyclic) bond motifs is 1. The fraction of sp³-hybridized carbons (Fsp3) is 0.375. The van der Waals surface area contributed by atoms with Crippen LogP contribution in [0, 0.1) is 0 Å². The van der Waals surface area contributed by atoms with Gasteiger partial charge >= 0.3 is 0 Å². The topological polar surface area (TPSA) is 46.8 Å². The van der Waals surface area contributed by atoms with E-state index in [1.54, 1.807) is 4.57 Å². The van der Waals surface area contributed by atoms with Crippen LogP contribution in [0.15, 0.2) is 34.1 Å². The van der Waals surface area contributed by atoms with Gasteiger partial charge in [0.1, 0.15) is 0 Å². The van der Waals surface area contributed by atoms with Crippen molar-refractivity contribution in [3.05, 3.63) is 49.5 Å². The van der Waals surface area contributed by atoms with Gasteiger partial charge in [-0.3, -0.25) is 14.4 Å². The lowest BCUT2D eigenvalue weighted by molar-refractivity contribution is 0.122. The van der Waals surface area contributed by atoms with Crippen LogP contribution in [-0.4, -0.2) is 37.4 Å². The van der Waals surface area contributed by atoms with Gasteiger partial charge in [-0.15, -0.1) is 0 Å². The van der Waals surface area contributed by atoms with Gasteiger partial charge in [0.25, 0.3) is 5.56 Å². The summed E-state index contributed by atoms with van der Waals surface area (Å²) < 4.78 is 7.90. The Morgan fingerprint density at radius 1 is 1.14 bits per heavy atom. The molecule has 114 valence electrons. The molecule has 0 radical (unpaired) electrons. The molecule has 0 saturated carbocycles. The van der Waals surface area contributed by atoms with Crippen LogP contribution in [-0.2, 0) is 11.3 Å². The monoisotopic (exact) mass is 315 g/mol. The predicted octanol–water partition coefficient (Wildman–Crippen LogP) is 0.208. The summed E-state index contributed by atoms with van der Waals surface area (Å²) in [6.07, 6.45) is 1.96. The van der Waals surface area contributed by atoms with Crippen molar-refractivity contribution in [3.8, 4) is 0 Å². The van der Waals surface area contributed by atoms with E-state index in [1.807, 2.05) is 6.08 Å². The maximum Gasteiger partial charge on any atom is 0.270 e. The predicted molar refractivity (Wildman–Crippen MR) is 87.3 cm³/mol. The second-order valence-corrected chi connectivity index (χ2v) is 6.43. The van der Waals surface area contributed by atoms with E-state index >= 15 is 0 Å². The van der Waals surface area contributed by atoms with E-state index in [0.29, 0.717) is 6.54 Å². The number of aromatic nitrogens is 1. The highest BCUT2D eigenvalue weighted by Crippen LogP contribution is 2.16. The number of nitrogens with zero attached hydrogens (tertiary/aromatic N) is 3. The summed E-state index contributed by atoms with van der Waals surface area (Å²) in [6, 6.07) is 8.36. The summed E-state index contributed by atoms with van der Waals surface area (Å²) in [4.78, 5) is 19.7. The molecule has 1 fully saturated rings. The number of rotatable bonds is 2. The smallest absolute Gasteiger partial charge is 0.270 e. The molecule has 1 aromatic heterocycles. The van der Waals surface area contributed by atoms with E-state index in [0.717, 1.165) is 47.7 Å². The van der Waals surface area contributed by atoms with Gasteiger partial charge in [-0.2, -0.15) is 0 Å². The number of thiazole rings is 1.